The molecule has 2 rings (SSSR count). The molecule has 158 valence electrons. The van der Waals surface area contributed by atoms with Crippen molar-refractivity contribution >= 4 is 122 Å². The second-order valence-electron chi connectivity index (χ2n) is 5.89. The Morgan fingerprint density at radius 1 is 0.552 bits per heavy atom. The lowest BCUT2D eigenvalue weighted by atomic mass is 9.90. The van der Waals surface area contributed by atoms with E-state index in [0.29, 0.717) is 0 Å². The van der Waals surface area contributed by atoms with Crippen molar-refractivity contribution in [3.05, 3.63) is 61.4 Å². The van der Waals surface area contributed by atoms with E-state index in [1.54, 1.807) is 13.8 Å². The van der Waals surface area contributed by atoms with E-state index in [-0.39, 0.29) is 61.4 Å². The van der Waals surface area contributed by atoms with Gasteiger partial charge in [0.05, 0.1) is 56.3 Å². The van der Waals surface area contributed by atoms with E-state index in [1.165, 1.54) is 0 Å². The summed E-state index contributed by atoms with van der Waals surface area (Å²) in [6.45, 7) is 3.29. The molecule has 29 heavy (non-hydrogen) atoms. The van der Waals surface area contributed by atoms with Crippen molar-refractivity contribution in [1.29, 1.82) is 0 Å². The second kappa shape index (κ2) is 10.2. The zero-order valence-electron chi connectivity index (χ0n) is 14.3. The third-order valence-electron chi connectivity index (χ3n) is 3.65. The molecule has 0 amide bonds. The van der Waals surface area contributed by atoms with Gasteiger partial charge < -0.3 is 4.74 Å². The minimum absolute atomic E-state index is 0.0309. The highest BCUT2D eigenvalue weighted by Crippen LogP contribution is 2.53. The van der Waals surface area contributed by atoms with Gasteiger partial charge in [-0.2, -0.15) is 0 Å². The zero-order chi connectivity index (χ0) is 22.4. The first-order valence-electron chi connectivity index (χ1n) is 7.55. The SMILES string of the molecule is CC(C)OC(=O)C(c1c(Cl)c(Cl)c(Cl)c(Cl)c1Cl)c1c(Cl)c(Cl)c(Cl)c(Cl)c1Cl. The Kier molecular flexibility index (Phi) is 9.14. The maximum atomic E-state index is 13.1. The Bertz CT molecular complexity index is 875. The number of carbonyl (C=O) groups excluding carboxylic acids is 1. The molecule has 0 aliphatic rings. The Hall–Kier alpha value is 0.810. The Balaban J connectivity index is 2.99. The number of esters is 1. The van der Waals surface area contributed by atoms with Crippen molar-refractivity contribution in [2.75, 3.05) is 0 Å². The van der Waals surface area contributed by atoms with E-state index in [9.17, 15) is 4.79 Å². The van der Waals surface area contributed by atoms with Crippen LogP contribution in [-0.4, -0.2) is 12.1 Å². The fraction of sp³-hybridized carbons (Fsp3) is 0.235. The van der Waals surface area contributed by atoms with Gasteiger partial charge >= 0.3 is 5.97 Å². The minimum atomic E-state index is -1.39. The van der Waals surface area contributed by atoms with Gasteiger partial charge in [-0.15, -0.1) is 0 Å². The van der Waals surface area contributed by atoms with Crippen molar-refractivity contribution in [3.63, 3.8) is 0 Å². The highest BCUT2D eigenvalue weighted by Gasteiger charge is 2.37. The monoisotopic (exact) mass is 594 g/mol. The fourth-order valence-corrected chi connectivity index (χ4v) is 5.17. The lowest BCUT2D eigenvalue weighted by Gasteiger charge is -2.25. The molecule has 2 aromatic carbocycles. The molecule has 0 bridgehead atoms. The van der Waals surface area contributed by atoms with Gasteiger partial charge in [-0.1, -0.05) is 116 Å². The molecule has 0 unspecified atom stereocenters. The van der Waals surface area contributed by atoms with Gasteiger partial charge in [0.25, 0.3) is 0 Å². The first-order valence-corrected chi connectivity index (χ1v) is 11.3. The molecule has 0 N–H and O–H groups in total. The minimum Gasteiger partial charge on any atom is -0.462 e. The molecule has 0 aliphatic carbocycles. The highest BCUT2D eigenvalue weighted by atomic mass is 35.5. The largest absolute Gasteiger partial charge is 0.462 e. The maximum Gasteiger partial charge on any atom is 0.318 e. The van der Waals surface area contributed by atoms with Crippen LogP contribution in [0.5, 0.6) is 0 Å². The van der Waals surface area contributed by atoms with Gasteiger partial charge in [0.2, 0.25) is 0 Å². The van der Waals surface area contributed by atoms with E-state index in [4.69, 9.17) is 121 Å². The van der Waals surface area contributed by atoms with E-state index < -0.39 is 18.0 Å². The quantitative estimate of drug-likeness (QED) is 0.199. The molecule has 0 radical (unpaired) electrons. The molecule has 0 fully saturated rings. The molecule has 0 saturated carbocycles. The van der Waals surface area contributed by atoms with Crippen molar-refractivity contribution in [2.45, 2.75) is 25.9 Å². The summed E-state index contributed by atoms with van der Waals surface area (Å²) in [5.41, 5.74) is -0.0618. The van der Waals surface area contributed by atoms with Crippen LogP contribution >= 0.6 is 116 Å². The molecule has 0 aromatic heterocycles. The maximum absolute atomic E-state index is 13.1. The third-order valence-corrected chi connectivity index (χ3v) is 8.26. The van der Waals surface area contributed by atoms with Gasteiger partial charge in [-0.05, 0) is 13.8 Å². The normalized spacial score (nSPS) is 11.5. The number of halogens is 10. The van der Waals surface area contributed by atoms with Crippen LogP contribution in [0.2, 0.25) is 50.2 Å². The van der Waals surface area contributed by atoms with Crippen molar-refractivity contribution in [2.24, 2.45) is 0 Å². The molecule has 0 saturated heterocycles. The van der Waals surface area contributed by atoms with Gasteiger partial charge in [0, 0.05) is 11.1 Å². The first-order chi connectivity index (χ1) is 13.3. The number of rotatable bonds is 4. The van der Waals surface area contributed by atoms with Crippen LogP contribution in [0.15, 0.2) is 0 Å². The van der Waals surface area contributed by atoms with Gasteiger partial charge in [-0.3, -0.25) is 4.79 Å². The average Bonchev–Trinajstić information content (AvgIpc) is 2.66. The van der Waals surface area contributed by atoms with Crippen molar-refractivity contribution in [1.82, 2.24) is 0 Å². The fourth-order valence-electron chi connectivity index (χ4n) is 2.43. The average molecular weight is 599 g/mol. The Labute approximate surface area is 217 Å². The lowest BCUT2D eigenvalue weighted by Crippen LogP contribution is -2.22. The number of benzene rings is 2. The number of ether oxygens (including phenoxy) is 1. The molecule has 0 atom stereocenters. The summed E-state index contributed by atoms with van der Waals surface area (Å²) in [6, 6.07) is 0. The summed E-state index contributed by atoms with van der Waals surface area (Å²) in [4.78, 5) is 13.1. The van der Waals surface area contributed by atoms with E-state index in [1.807, 2.05) is 0 Å². The van der Waals surface area contributed by atoms with E-state index in [0.717, 1.165) is 0 Å². The standard InChI is InChI=1S/C17H8Cl10O2/c1-3(2)29-17(28)4(5-7(18)11(22)15(26)12(23)8(5)19)6-9(20)13(24)16(27)14(25)10(6)21/h3-4H,1-2H3. The zero-order valence-corrected chi connectivity index (χ0v) is 21.8. The molecular weight excluding hydrogens is 591 g/mol. The smallest absolute Gasteiger partial charge is 0.318 e. The summed E-state index contributed by atoms with van der Waals surface area (Å²) < 4.78 is 5.35. The predicted octanol–water partition coefficient (Wildman–Crippen LogP) is 10.3. The van der Waals surface area contributed by atoms with Crippen LogP contribution in [0.25, 0.3) is 0 Å². The van der Waals surface area contributed by atoms with Crippen LogP contribution < -0.4 is 0 Å². The topological polar surface area (TPSA) is 26.3 Å². The molecule has 12 heteroatoms. The van der Waals surface area contributed by atoms with Crippen LogP contribution in [0, 0.1) is 0 Å². The first kappa shape index (κ1) is 26.1. The Morgan fingerprint density at radius 3 is 1.03 bits per heavy atom. The second-order valence-corrected chi connectivity index (χ2v) is 9.67. The summed E-state index contributed by atoms with van der Waals surface area (Å²) in [7, 11) is 0. The predicted molar refractivity (Wildman–Crippen MR) is 126 cm³/mol. The van der Waals surface area contributed by atoms with Crippen LogP contribution in [0.3, 0.4) is 0 Å². The van der Waals surface area contributed by atoms with E-state index in [2.05, 4.69) is 0 Å². The highest BCUT2D eigenvalue weighted by molar-refractivity contribution is 6.57. The van der Waals surface area contributed by atoms with Gasteiger partial charge in [0.1, 0.15) is 5.92 Å². The molecule has 2 nitrogen and oxygen atoms in total. The summed E-state index contributed by atoms with van der Waals surface area (Å²) in [5.74, 6) is -2.20. The van der Waals surface area contributed by atoms with Crippen LogP contribution in [0.4, 0.5) is 0 Å². The molecule has 0 aliphatic heterocycles. The molecular formula is C17H8Cl10O2. The van der Waals surface area contributed by atoms with Crippen molar-refractivity contribution in [3.8, 4) is 0 Å². The number of carbonyl (C=O) groups is 1. The van der Waals surface area contributed by atoms with Gasteiger partial charge in [0.15, 0.2) is 0 Å². The summed E-state index contributed by atoms with van der Waals surface area (Å²) in [5, 5.41) is -1.27. The van der Waals surface area contributed by atoms with Crippen LogP contribution in [-0.2, 0) is 9.53 Å². The van der Waals surface area contributed by atoms with Gasteiger partial charge in [-0.25, -0.2) is 0 Å². The third kappa shape index (κ3) is 4.93. The van der Waals surface area contributed by atoms with Crippen molar-refractivity contribution < 1.29 is 9.53 Å². The molecule has 0 spiro atoms. The Morgan fingerprint density at radius 2 is 0.793 bits per heavy atom. The van der Waals surface area contributed by atoms with Crippen LogP contribution in [0.1, 0.15) is 30.9 Å². The molecule has 0 heterocycles. The summed E-state index contributed by atoms with van der Waals surface area (Å²) in [6.07, 6.45) is -0.503. The number of hydrogen-bond acceptors (Lipinski definition) is 2. The summed E-state index contributed by atoms with van der Waals surface area (Å²) >= 11 is 62.3. The van der Waals surface area contributed by atoms with E-state index >= 15 is 0 Å². The molecule has 2 aromatic rings. The lowest BCUT2D eigenvalue weighted by molar-refractivity contribution is -0.148. The number of hydrogen-bond donors (Lipinski definition) is 0.